The molecule has 0 aliphatic rings. The van der Waals surface area contributed by atoms with Gasteiger partial charge < -0.3 is 30.9 Å². The van der Waals surface area contributed by atoms with Crippen molar-refractivity contribution in [3.8, 4) is 0 Å². The Morgan fingerprint density at radius 1 is 0.949 bits per heavy atom. The van der Waals surface area contributed by atoms with Crippen molar-refractivity contribution in [3.63, 3.8) is 0 Å². The lowest BCUT2D eigenvalue weighted by Gasteiger charge is -2.28. The fraction of sp³-hybridized carbons (Fsp3) is 0.464. The Labute approximate surface area is 226 Å². The van der Waals surface area contributed by atoms with Crippen LogP contribution in [0.2, 0.25) is 0 Å². The van der Waals surface area contributed by atoms with Crippen LogP contribution in [0.4, 0.5) is 8.78 Å². The lowest BCUT2D eigenvalue weighted by molar-refractivity contribution is -0.0177. The molecular formula is C28H37F2N3O6. The summed E-state index contributed by atoms with van der Waals surface area (Å²) in [6.45, 7) is 4.92. The molecule has 0 spiro atoms. The summed E-state index contributed by atoms with van der Waals surface area (Å²) in [6, 6.07) is 5.44. The van der Waals surface area contributed by atoms with Gasteiger partial charge in [0.25, 0.3) is 11.8 Å². The quantitative estimate of drug-likeness (QED) is 0.269. The summed E-state index contributed by atoms with van der Waals surface area (Å²) >= 11 is 0. The van der Waals surface area contributed by atoms with E-state index in [1.807, 2.05) is 13.8 Å². The fourth-order valence-corrected chi connectivity index (χ4v) is 4.23. The van der Waals surface area contributed by atoms with Crippen molar-refractivity contribution in [2.24, 2.45) is 5.73 Å². The summed E-state index contributed by atoms with van der Waals surface area (Å²) in [5.74, 6) is -3.70. The highest BCUT2D eigenvalue weighted by molar-refractivity contribution is 6.04. The number of primary amides is 1. The van der Waals surface area contributed by atoms with E-state index >= 15 is 0 Å². The van der Waals surface area contributed by atoms with Gasteiger partial charge in [0.15, 0.2) is 0 Å². The van der Waals surface area contributed by atoms with Gasteiger partial charge in [0.05, 0.1) is 12.1 Å². The number of hydrogen-bond acceptors (Lipinski definition) is 6. The van der Waals surface area contributed by atoms with E-state index in [2.05, 4.69) is 5.32 Å². The molecule has 9 nitrogen and oxygen atoms in total. The number of hydrogen-bond donors (Lipinski definition) is 4. The van der Waals surface area contributed by atoms with Gasteiger partial charge in [0.2, 0.25) is 5.91 Å². The first-order valence-electron chi connectivity index (χ1n) is 12.9. The minimum absolute atomic E-state index is 0.0298. The van der Waals surface area contributed by atoms with E-state index in [9.17, 15) is 33.4 Å². The van der Waals surface area contributed by atoms with Gasteiger partial charge >= 0.3 is 0 Å². The van der Waals surface area contributed by atoms with Crippen LogP contribution < -0.4 is 11.1 Å². The van der Waals surface area contributed by atoms with E-state index in [-0.39, 0.29) is 47.6 Å². The maximum absolute atomic E-state index is 13.8. The Morgan fingerprint density at radius 3 is 2.05 bits per heavy atom. The Balaban J connectivity index is 2.44. The molecule has 0 bridgehead atoms. The van der Waals surface area contributed by atoms with Crippen LogP contribution in [0.15, 0.2) is 36.4 Å². The molecule has 0 aromatic heterocycles. The SMILES string of the molecule is CCCN(CCC)C(=O)c1cc(C(N)=O)cc(C(=O)NC(Cc2cc(F)cc(F)c2)C(O)C(O)CCOC)c1. The van der Waals surface area contributed by atoms with Crippen molar-refractivity contribution >= 4 is 17.7 Å². The van der Waals surface area contributed by atoms with Crippen LogP contribution in [0, 0.1) is 11.6 Å². The fourth-order valence-electron chi connectivity index (χ4n) is 4.23. The van der Waals surface area contributed by atoms with E-state index in [0.717, 1.165) is 12.1 Å². The monoisotopic (exact) mass is 549 g/mol. The molecule has 0 saturated carbocycles. The predicted octanol–water partition coefficient (Wildman–Crippen LogP) is 2.43. The molecular weight excluding hydrogens is 512 g/mol. The molecule has 2 aromatic carbocycles. The summed E-state index contributed by atoms with van der Waals surface area (Å²) in [4.78, 5) is 40.1. The average Bonchev–Trinajstić information content (AvgIpc) is 2.89. The molecule has 5 N–H and O–H groups in total. The number of halogens is 2. The normalized spacial score (nSPS) is 13.4. The van der Waals surface area contributed by atoms with Gasteiger partial charge in [0.1, 0.15) is 17.7 Å². The minimum Gasteiger partial charge on any atom is -0.390 e. The van der Waals surface area contributed by atoms with Crippen LogP contribution >= 0.6 is 0 Å². The van der Waals surface area contributed by atoms with E-state index < -0.39 is 41.7 Å². The third-order valence-corrected chi connectivity index (χ3v) is 6.12. The summed E-state index contributed by atoms with van der Waals surface area (Å²) in [5, 5.41) is 23.9. The van der Waals surface area contributed by atoms with Crippen LogP contribution in [0.25, 0.3) is 0 Å². The van der Waals surface area contributed by atoms with Crippen LogP contribution in [-0.2, 0) is 11.2 Å². The average molecular weight is 550 g/mol. The molecule has 0 fully saturated rings. The Bertz CT molecular complexity index is 1120. The highest BCUT2D eigenvalue weighted by Gasteiger charge is 2.29. The summed E-state index contributed by atoms with van der Waals surface area (Å²) < 4.78 is 32.6. The second-order valence-electron chi connectivity index (χ2n) is 9.36. The van der Waals surface area contributed by atoms with Crippen LogP contribution in [-0.4, -0.2) is 77.9 Å². The van der Waals surface area contributed by atoms with Gasteiger partial charge in [-0.25, -0.2) is 8.78 Å². The molecule has 2 rings (SSSR count). The van der Waals surface area contributed by atoms with E-state index in [4.69, 9.17) is 10.5 Å². The molecule has 0 aliphatic heterocycles. The zero-order valence-corrected chi connectivity index (χ0v) is 22.5. The molecule has 3 unspecified atom stereocenters. The molecule has 0 saturated heterocycles. The molecule has 0 radical (unpaired) electrons. The van der Waals surface area contributed by atoms with Crippen molar-refractivity contribution in [2.75, 3.05) is 26.8 Å². The van der Waals surface area contributed by atoms with Gasteiger partial charge in [-0.1, -0.05) is 13.8 Å². The molecule has 3 amide bonds. The minimum atomic E-state index is -1.54. The Morgan fingerprint density at radius 2 is 1.51 bits per heavy atom. The second kappa shape index (κ2) is 15.2. The molecule has 39 heavy (non-hydrogen) atoms. The largest absolute Gasteiger partial charge is 0.390 e. The Kier molecular flexibility index (Phi) is 12.4. The van der Waals surface area contributed by atoms with Crippen molar-refractivity contribution in [2.45, 2.75) is 57.8 Å². The van der Waals surface area contributed by atoms with Crippen LogP contribution in [0.1, 0.15) is 69.7 Å². The number of aliphatic hydroxyl groups excluding tert-OH is 2. The highest BCUT2D eigenvalue weighted by atomic mass is 19.1. The zero-order valence-electron chi connectivity index (χ0n) is 22.5. The first-order chi connectivity index (χ1) is 18.5. The third kappa shape index (κ3) is 9.38. The molecule has 11 heteroatoms. The first-order valence-corrected chi connectivity index (χ1v) is 12.9. The van der Waals surface area contributed by atoms with Crippen molar-refractivity contribution < 1.29 is 38.1 Å². The summed E-state index contributed by atoms with van der Waals surface area (Å²) in [6.07, 6.45) is -1.66. The lowest BCUT2D eigenvalue weighted by atomic mass is 9.95. The molecule has 3 atom stereocenters. The number of benzene rings is 2. The van der Waals surface area contributed by atoms with E-state index in [0.29, 0.717) is 32.0 Å². The van der Waals surface area contributed by atoms with E-state index in [1.54, 1.807) is 4.90 Å². The highest BCUT2D eigenvalue weighted by Crippen LogP contribution is 2.17. The number of nitrogens with one attached hydrogen (secondary N) is 1. The van der Waals surface area contributed by atoms with Gasteiger partial charge in [-0.3, -0.25) is 14.4 Å². The number of amides is 3. The topological polar surface area (TPSA) is 142 Å². The second-order valence-corrected chi connectivity index (χ2v) is 9.36. The standard InChI is InChI=1S/C28H37F2N3O6/c1-4-7-33(8-5-2)28(38)20-14-18(26(31)36)13-19(15-20)27(37)32-23(25(35)24(34)6-9-39-3)12-17-10-21(29)16-22(30)11-17/h10-11,13-16,23-25,34-35H,4-9,12H2,1-3H3,(H2,31,36)(H,32,37). The number of carbonyl (C=O) groups excluding carboxylic acids is 3. The molecule has 0 heterocycles. The zero-order chi connectivity index (χ0) is 29.1. The maximum Gasteiger partial charge on any atom is 0.253 e. The van der Waals surface area contributed by atoms with Gasteiger partial charge in [0, 0.05) is 49.6 Å². The molecule has 0 aliphatic carbocycles. The summed E-state index contributed by atoms with van der Waals surface area (Å²) in [7, 11) is 1.42. The third-order valence-electron chi connectivity index (χ3n) is 6.12. The number of ether oxygens (including phenoxy) is 1. The van der Waals surface area contributed by atoms with Crippen LogP contribution in [0.5, 0.6) is 0 Å². The molecule has 2 aromatic rings. The van der Waals surface area contributed by atoms with Crippen molar-refractivity contribution in [1.29, 1.82) is 0 Å². The number of nitrogens with two attached hydrogens (primary N) is 1. The Hall–Kier alpha value is -3.41. The predicted molar refractivity (Wildman–Crippen MR) is 141 cm³/mol. The maximum atomic E-state index is 13.8. The summed E-state index contributed by atoms with van der Waals surface area (Å²) in [5.41, 5.74) is 5.52. The van der Waals surface area contributed by atoms with Crippen molar-refractivity contribution in [3.05, 3.63) is 70.3 Å². The lowest BCUT2D eigenvalue weighted by Crippen LogP contribution is -2.50. The number of aliphatic hydroxyl groups is 2. The van der Waals surface area contributed by atoms with Gasteiger partial charge in [-0.15, -0.1) is 0 Å². The number of carbonyl (C=O) groups is 3. The molecule has 214 valence electrons. The smallest absolute Gasteiger partial charge is 0.253 e. The van der Waals surface area contributed by atoms with E-state index in [1.165, 1.54) is 25.3 Å². The number of rotatable bonds is 15. The van der Waals surface area contributed by atoms with Crippen molar-refractivity contribution in [1.82, 2.24) is 10.2 Å². The van der Waals surface area contributed by atoms with Crippen LogP contribution in [0.3, 0.4) is 0 Å². The van der Waals surface area contributed by atoms with Gasteiger partial charge in [-0.05, 0) is 61.6 Å². The van der Waals surface area contributed by atoms with Gasteiger partial charge in [-0.2, -0.15) is 0 Å². The number of nitrogens with zero attached hydrogens (tertiary/aromatic N) is 1. The number of methoxy groups -OCH3 is 1. The first kappa shape index (κ1) is 31.8.